The van der Waals surface area contributed by atoms with Crippen LogP contribution < -0.4 is 11.1 Å². The Hall–Kier alpha value is -1.88. The third-order valence-corrected chi connectivity index (χ3v) is 2.52. The lowest BCUT2D eigenvalue weighted by Gasteiger charge is -2.05. The second-order valence-electron chi connectivity index (χ2n) is 3.66. The Bertz CT molecular complexity index is 536. The van der Waals surface area contributed by atoms with Crippen LogP contribution in [0.3, 0.4) is 0 Å². The molecular formula is C12H13N3OS. The Labute approximate surface area is 105 Å². The molecule has 0 radical (unpaired) electrons. The fourth-order valence-corrected chi connectivity index (χ4v) is 1.57. The van der Waals surface area contributed by atoms with E-state index in [9.17, 15) is 0 Å². The van der Waals surface area contributed by atoms with Crippen LogP contribution in [0, 0.1) is 6.92 Å². The average Bonchev–Trinajstić information content (AvgIpc) is 2.73. The molecule has 3 N–H and O–H groups in total. The number of nitrogens with two attached hydrogens (primary N) is 1. The van der Waals surface area contributed by atoms with Gasteiger partial charge in [0.1, 0.15) is 22.3 Å². The van der Waals surface area contributed by atoms with Crippen LogP contribution in [0.5, 0.6) is 0 Å². The summed E-state index contributed by atoms with van der Waals surface area (Å²) < 4.78 is 5.44. The molecule has 2 aromatic heterocycles. The van der Waals surface area contributed by atoms with Crippen molar-refractivity contribution >= 4 is 23.0 Å². The van der Waals surface area contributed by atoms with Crippen LogP contribution in [-0.4, -0.2) is 9.97 Å². The lowest BCUT2D eigenvalue weighted by Crippen LogP contribution is -2.10. The lowest BCUT2D eigenvalue weighted by molar-refractivity contribution is 0.490. The van der Waals surface area contributed by atoms with Crippen molar-refractivity contribution in [3.8, 4) is 0 Å². The largest absolute Gasteiger partial charge is 0.465 e. The molecule has 0 atom stereocenters. The predicted octanol–water partition coefficient (Wildman–Crippen LogP) is 2.23. The molecule has 0 fully saturated rings. The third-order valence-electron chi connectivity index (χ3n) is 2.28. The third kappa shape index (κ3) is 3.04. The van der Waals surface area contributed by atoms with E-state index in [1.165, 1.54) is 0 Å². The second kappa shape index (κ2) is 4.97. The first-order valence-corrected chi connectivity index (χ1v) is 5.61. The minimum Gasteiger partial charge on any atom is -0.465 e. The summed E-state index contributed by atoms with van der Waals surface area (Å²) in [4.78, 5) is 4.54. The van der Waals surface area contributed by atoms with Gasteiger partial charge in [-0.05, 0) is 31.2 Å². The smallest absolute Gasteiger partial charge is 0.126 e. The van der Waals surface area contributed by atoms with Crippen molar-refractivity contribution in [1.82, 2.24) is 4.98 Å². The van der Waals surface area contributed by atoms with Crippen molar-refractivity contribution in [1.29, 1.82) is 0 Å². The van der Waals surface area contributed by atoms with Gasteiger partial charge in [-0.15, -0.1) is 0 Å². The SMILES string of the molecule is Cc1ccc(CNc2cc(C(N)=S)ccn2)o1. The summed E-state index contributed by atoms with van der Waals surface area (Å²) in [6.45, 7) is 2.50. The molecule has 0 bridgehead atoms. The number of nitrogens with one attached hydrogen (secondary N) is 1. The van der Waals surface area contributed by atoms with Gasteiger partial charge in [-0.1, -0.05) is 12.2 Å². The van der Waals surface area contributed by atoms with Gasteiger partial charge in [-0.2, -0.15) is 0 Å². The fourth-order valence-electron chi connectivity index (χ4n) is 1.44. The number of aryl methyl sites for hydroxylation is 1. The summed E-state index contributed by atoms with van der Waals surface area (Å²) >= 11 is 4.91. The van der Waals surface area contributed by atoms with Crippen LogP contribution in [0.25, 0.3) is 0 Å². The van der Waals surface area contributed by atoms with Crippen molar-refractivity contribution in [3.63, 3.8) is 0 Å². The zero-order valence-corrected chi connectivity index (χ0v) is 10.3. The van der Waals surface area contributed by atoms with Gasteiger partial charge in [-0.25, -0.2) is 4.98 Å². The van der Waals surface area contributed by atoms with Crippen molar-refractivity contribution < 1.29 is 4.42 Å². The minimum atomic E-state index is 0.365. The van der Waals surface area contributed by atoms with Gasteiger partial charge in [0.15, 0.2) is 0 Å². The van der Waals surface area contributed by atoms with Gasteiger partial charge in [0.25, 0.3) is 0 Å². The standard InChI is InChI=1S/C12H13N3OS/c1-8-2-3-10(16-8)7-15-11-6-9(12(13)17)4-5-14-11/h2-6H,7H2,1H3,(H2,13,17)(H,14,15). The molecule has 2 rings (SSSR count). The summed E-state index contributed by atoms with van der Waals surface area (Å²) in [5.74, 6) is 2.49. The van der Waals surface area contributed by atoms with Crippen LogP contribution >= 0.6 is 12.2 Å². The maximum Gasteiger partial charge on any atom is 0.126 e. The van der Waals surface area contributed by atoms with Gasteiger partial charge in [0.2, 0.25) is 0 Å². The van der Waals surface area contributed by atoms with Gasteiger partial charge in [-0.3, -0.25) is 0 Å². The van der Waals surface area contributed by atoms with Crippen LogP contribution in [0.15, 0.2) is 34.9 Å². The zero-order chi connectivity index (χ0) is 12.3. The van der Waals surface area contributed by atoms with E-state index in [1.54, 1.807) is 12.3 Å². The van der Waals surface area contributed by atoms with E-state index in [-0.39, 0.29) is 0 Å². The second-order valence-corrected chi connectivity index (χ2v) is 4.10. The summed E-state index contributed by atoms with van der Waals surface area (Å²) in [5.41, 5.74) is 6.35. The van der Waals surface area contributed by atoms with Crippen LogP contribution in [0.2, 0.25) is 0 Å². The number of rotatable bonds is 4. The first kappa shape index (κ1) is 11.6. The molecule has 2 heterocycles. The first-order valence-electron chi connectivity index (χ1n) is 5.20. The Morgan fingerprint density at radius 2 is 2.29 bits per heavy atom. The number of pyridine rings is 1. The molecule has 0 aliphatic heterocycles. The summed E-state index contributed by atoms with van der Waals surface area (Å²) in [7, 11) is 0. The molecule has 17 heavy (non-hydrogen) atoms. The van der Waals surface area contributed by atoms with Gasteiger partial charge in [0.05, 0.1) is 6.54 Å². The van der Waals surface area contributed by atoms with E-state index in [0.29, 0.717) is 11.5 Å². The minimum absolute atomic E-state index is 0.365. The Morgan fingerprint density at radius 1 is 1.47 bits per heavy atom. The molecule has 88 valence electrons. The molecule has 0 saturated heterocycles. The van der Waals surface area contributed by atoms with E-state index in [2.05, 4.69) is 10.3 Å². The maximum atomic E-state index is 5.55. The fraction of sp³-hybridized carbons (Fsp3) is 0.167. The molecule has 0 saturated carbocycles. The van der Waals surface area contributed by atoms with E-state index in [1.807, 2.05) is 25.1 Å². The Morgan fingerprint density at radius 3 is 2.94 bits per heavy atom. The first-order chi connectivity index (χ1) is 8.15. The van der Waals surface area contributed by atoms with Crippen LogP contribution in [0.1, 0.15) is 17.1 Å². The molecule has 4 nitrogen and oxygen atoms in total. The Kier molecular flexibility index (Phi) is 3.39. The van der Waals surface area contributed by atoms with E-state index in [0.717, 1.165) is 22.9 Å². The average molecular weight is 247 g/mol. The highest BCUT2D eigenvalue weighted by atomic mass is 32.1. The van der Waals surface area contributed by atoms with Crippen molar-refractivity contribution in [3.05, 3.63) is 47.5 Å². The highest BCUT2D eigenvalue weighted by molar-refractivity contribution is 7.80. The van der Waals surface area contributed by atoms with Crippen molar-refractivity contribution in [2.75, 3.05) is 5.32 Å². The number of hydrogen-bond donors (Lipinski definition) is 2. The molecule has 0 unspecified atom stereocenters. The molecule has 0 aliphatic rings. The Balaban J connectivity index is 2.04. The summed E-state index contributed by atoms with van der Waals surface area (Å²) in [6, 6.07) is 7.46. The van der Waals surface area contributed by atoms with E-state index >= 15 is 0 Å². The van der Waals surface area contributed by atoms with Gasteiger partial charge < -0.3 is 15.5 Å². The van der Waals surface area contributed by atoms with Gasteiger partial charge in [0, 0.05) is 11.8 Å². The number of aromatic nitrogens is 1. The normalized spacial score (nSPS) is 10.2. The van der Waals surface area contributed by atoms with Crippen molar-refractivity contribution in [2.24, 2.45) is 5.73 Å². The molecule has 0 aromatic carbocycles. The maximum absolute atomic E-state index is 5.55. The van der Waals surface area contributed by atoms with Crippen LogP contribution in [-0.2, 0) is 6.54 Å². The number of nitrogens with zero attached hydrogens (tertiary/aromatic N) is 1. The molecule has 0 amide bonds. The highest BCUT2D eigenvalue weighted by Gasteiger charge is 2.01. The van der Waals surface area contributed by atoms with Gasteiger partial charge >= 0.3 is 0 Å². The number of hydrogen-bond acceptors (Lipinski definition) is 4. The molecule has 0 aliphatic carbocycles. The monoisotopic (exact) mass is 247 g/mol. The summed E-state index contributed by atoms with van der Waals surface area (Å²) in [6.07, 6.45) is 1.67. The van der Waals surface area contributed by atoms with E-state index in [4.69, 9.17) is 22.4 Å². The highest BCUT2D eigenvalue weighted by Crippen LogP contribution is 2.11. The zero-order valence-electron chi connectivity index (χ0n) is 9.43. The predicted molar refractivity (Wildman–Crippen MR) is 70.9 cm³/mol. The molecule has 2 aromatic rings. The molecular weight excluding hydrogens is 234 g/mol. The van der Waals surface area contributed by atoms with Crippen molar-refractivity contribution in [2.45, 2.75) is 13.5 Å². The topological polar surface area (TPSA) is 64.1 Å². The van der Waals surface area contributed by atoms with Crippen LogP contribution in [0.4, 0.5) is 5.82 Å². The quantitative estimate of drug-likeness (QED) is 0.811. The number of thiocarbonyl (C=S) groups is 1. The number of furan rings is 1. The lowest BCUT2D eigenvalue weighted by atomic mass is 10.2. The molecule has 0 spiro atoms. The summed E-state index contributed by atoms with van der Waals surface area (Å²) in [5, 5.41) is 3.15. The number of anilines is 1. The molecule has 5 heteroatoms. The van der Waals surface area contributed by atoms with E-state index < -0.39 is 0 Å².